The van der Waals surface area contributed by atoms with E-state index in [9.17, 15) is 19.5 Å². The maximum absolute atomic E-state index is 12.9. The van der Waals surface area contributed by atoms with Crippen LogP contribution in [0.15, 0.2) is 48.5 Å². The van der Waals surface area contributed by atoms with E-state index in [1.807, 2.05) is 31.2 Å². The molecule has 4 rings (SSSR count). The highest BCUT2D eigenvalue weighted by atomic mass is 16.5. The van der Waals surface area contributed by atoms with Gasteiger partial charge in [-0.25, -0.2) is 9.59 Å². The van der Waals surface area contributed by atoms with Crippen molar-refractivity contribution in [2.24, 2.45) is 0 Å². The molecule has 0 aromatic heterocycles. The van der Waals surface area contributed by atoms with Gasteiger partial charge in [0.2, 0.25) is 5.91 Å². The molecule has 35 heavy (non-hydrogen) atoms. The summed E-state index contributed by atoms with van der Waals surface area (Å²) in [5.41, 5.74) is 4.57. The topological polar surface area (TPSA) is 105 Å². The van der Waals surface area contributed by atoms with Gasteiger partial charge in [0, 0.05) is 25.1 Å². The fraction of sp³-hybridized carbons (Fsp3) is 0.444. The smallest absolute Gasteiger partial charge is 0.407 e. The summed E-state index contributed by atoms with van der Waals surface area (Å²) < 4.78 is 11.2. The van der Waals surface area contributed by atoms with E-state index >= 15 is 0 Å². The van der Waals surface area contributed by atoms with Crippen LogP contribution in [0.2, 0.25) is 0 Å². The van der Waals surface area contributed by atoms with Crippen molar-refractivity contribution in [2.75, 3.05) is 19.8 Å². The Morgan fingerprint density at radius 1 is 1.06 bits per heavy atom. The zero-order valence-corrected chi connectivity index (χ0v) is 20.1. The van der Waals surface area contributed by atoms with E-state index in [2.05, 4.69) is 29.6 Å². The lowest BCUT2D eigenvalue weighted by molar-refractivity contribution is -0.151. The molecular weight excluding hydrogens is 448 g/mol. The molecule has 0 bridgehead atoms. The highest BCUT2D eigenvalue weighted by molar-refractivity contribution is 5.84. The molecular formula is C27H32N2O6. The molecule has 0 heterocycles. The minimum atomic E-state index is -1.03. The van der Waals surface area contributed by atoms with Gasteiger partial charge in [-0.05, 0) is 48.9 Å². The van der Waals surface area contributed by atoms with Gasteiger partial charge >= 0.3 is 12.1 Å². The van der Waals surface area contributed by atoms with Gasteiger partial charge in [-0.2, -0.15) is 0 Å². The molecule has 1 fully saturated rings. The summed E-state index contributed by atoms with van der Waals surface area (Å²) in [6.45, 7) is 3.98. The third-order valence-electron chi connectivity index (χ3n) is 6.63. The second-order valence-electron chi connectivity index (χ2n) is 9.03. The third-order valence-corrected chi connectivity index (χ3v) is 6.63. The minimum Gasteiger partial charge on any atom is -0.480 e. The average molecular weight is 481 g/mol. The Hall–Kier alpha value is -3.39. The van der Waals surface area contributed by atoms with Crippen LogP contribution in [0.25, 0.3) is 11.1 Å². The molecule has 2 aromatic carbocycles. The molecule has 0 saturated heterocycles. The largest absolute Gasteiger partial charge is 0.480 e. The van der Waals surface area contributed by atoms with Gasteiger partial charge < -0.3 is 24.8 Å². The lowest BCUT2D eigenvalue weighted by Crippen LogP contribution is -2.47. The van der Waals surface area contributed by atoms with Gasteiger partial charge in [-0.3, -0.25) is 4.79 Å². The van der Waals surface area contributed by atoms with E-state index in [-0.39, 0.29) is 37.4 Å². The first-order chi connectivity index (χ1) is 16.9. The lowest BCUT2D eigenvalue weighted by atomic mass is 9.98. The van der Waals surface area contributed by atoms with Crippen LogP contribution in [-0.4, -0.2) is 65.9 Å². The summed E-state index contributed by atoms with van der Waals surface area (Å²) in [6, 6.07) is 15.3. The molecule has 2 unspecified atom stereocenters. The van der Waals surface area contributed by atoms with Crippen molar-refractivity contribution in [3.8, 4) is 11.1 Å². The zero-order chi connectivity index (χ0) is 24.9. The Kier molecular flexibility index (Phi) is 7.70. The third kappa shape index (κ3) is 5.65. The van der Waals surface area contributed by atoms with E-state index in [1.165, 1.54) is 11.8 Å². The number of rotatable bonds is 11. The van der Waals surface area contributed by atoms with Crippen molar-refractivity contribution < 1.29 is 29.0 Å². The first kappa shape index (κ1) is 24.7. The van der Waals surface area contributed by atoms with Crippen LogP contribution in [-0.2, 0) is 19.1 Å². The van der Waals surface area contributed by atoms with Crippen LogP contribution < -0.4 is 5.32 Å². The van der Waals surface area contributed by atoms with Gasteiger partial charge in [0.25, 0.3) is 0 Å². The summed E-state index contributed by atoms with van der Waals surface area (Å²) in [5, 5.41) is 12.1. The Morgan fingerprint density at radius 3 is 2.20 bits per heavy atom. The van der Waals surface area contributed by atoms with Gasteiger partial charge in [0.05, 0.1) is 12.5 Å². The first-order valence-corrected chi connectivity index (χ1v) is 12.1. The summed E-state index contributed by atoms with van der Waals surface area (Å²) in [6.07, 6.45) is 0.449. The number of alkyl carbamates (subject to hydrolysis) is 1. The highest BCUT2D eigenvalue weighted by Crippen LogP contribution is 2.44. The number of hydrogen-bond acceptors (Lipinski definition) is 5. The summed E-state index contributed by atoms with van der Waals surface area (Å²) in [7, 11) is 0. The number of aliphatic carboxylic acids is 1. The zero-order valence-electron chi connectivity index (χ0n) is 20.1. The number of benzene rings is 2. The maximum atomic E-state index is 12.9. The van der Waals surface area contributed by atoms with E-state index in [1.54, 1.807) is 0 Å². The van der Waals surface area contributed by atoms with E-state index in [0.717, 1.165) is 35.1 Å². The number of carbonyl (C=O) groups is 3. The van der Waals surface area contributed by atoms with Crippen LogP contribution in [0.5, 0.6) is 0 Å². The summed E-state index contributed by atoms with van der Waals surface area (Å²) in [4.78, 5) is 38.3. The monoisotopic (exact) mass is 480 g/mol. The molecule has 8 nitrogen and oxygen atoms in total. The number of ether oxygens (including phenoxy) is 2. The Bertz CT molecular complexity index is 1040. The lowest BCUT2D eigenvalue weighted by Gasteiger charge is -2.28. The number of fused-ring (bicyclic) bond motifs is 3. The predicted octanol–water partition coefficient (Wildman–Crippen LogP) is 3.78. The normalized spacial score (nSPS) is 16.1. The fourth-order valence-corrected chi connectivity index (χ4v) is 4.78. The van der Waals surface area contributed by atoms with Crippen molar-refractivity contribution >= 4 is 18.0 Å². The second-order valence-corrected chi connectivity index (χ2v) is 9.03. The standard InChI is InChI=1S/C27H32N2O6/c1-3-34-19(14-25(30)29(18-12-13-18)17(2)26(31)32)15-28-27(33)35-16-24-22-10-6-4-8-20(22)21-9-5-7-11-23(21)24/h4-11,17-19,24H,3,12-16H2,1-2H3,(H,28,33)(H,31,32). The quantitative estimate of drug-likeness (QED) is 0.507. The molecule has 2 atom stereocenters. The number of nitrogens with one attached hydrogen (secondary N) is 1. The van der Waals surface area contributed by atoms with Gasteiger partial charge in [-0.15, -0.1) is 0 Å². The fourth-order valence-electron chi connectivity index (χ4n) is 4.78. The Labute approximate surface area is 205 Å². The van der Waals surface area contributed by atoms with Crippen molar-refractivity contribution in [1.82, 2.24) is 10.2 Å². The number of carboxylic acid groups (broad SMARTS) is 1. The van der Waals surface area contributed by atoms with Crippen LogP contribution in [0.1, 0.15) is 50.2 Å². The van der Waals surface area contributed by atoms with Crippen LogP contribution >= 0.6 is 0 Å². The summed E-state index contributed by atoms with van der Waals surface area (Å²) >= 11 is 0. The van der Waals surface area contributed by atoms with Crippen molar-refractivity contribution in [3.63, 3.8) is 0 Å². The number of nitrogens with zero attached hydrogens (tertiary/aromatic N) is 1. The average Bonchev–Trinajstić information content (AvgIpc) is 3.63. The first-order valence-electron chi connectivity index (χ1n) is 12.1. The molecule has 0 aliphatic heterocycles. The van der Waals surface area contributed by atoms with Gasteiger partial charge in [-0.1, -0.05) is 48.5 Å². The van der Waals surface area contributed by atoms with Gasteiger partial charge in [0.15, 0.2) is 0 Å². The molecule has 0 radical (unpaired) electrons. The van der Waals surface area contributed by atoms with E-state index in [0.29, 0.717) is 6.61 Å². The van der Waals surface area contributed by atoms with Crippen molar-refractivity contribution in [2.45, 2.75) is 57.2 Å². The number of amides is 2. The molecule has 8 heteroatoms. The second kappa shape index (κ2) is 10.9. The molecule has 2 N–H and O–H groups in total. The van der Waals surface area contributed by atoms with Gasteiger partial charge in [0.1, 0.15) is 12.6 Å². The summed E-state index contributed by atoms with van der Waals surface area (Å²) in [5.74, 6) is -1.35. The molecule has 2 amide bonds. The predicted molar refractivity (Wildman–Crippen MR) is 130 cm³/mol. The molecule has 2 aliphatic rings. The van der Waals surface area contributed by atoms with Crippen LogP contribution in [0.3, 0.4) is 0 Å². The van der Waals surface area contributed by atoms with Crippen molar-refractivity contribution in [3.05, 3.63) is 59.7 Å². The highest BCUT2D eigenvalue weighted by Gasteiger charge is 2.39. The number of carbonyl (C=O) groups excluding carboxylic acids is 2. The molecule has 2 aromatic rings. The molecule has 2 aliphatic carbocycles. The Morgan fingerprint density at radius 2 is 1.66 bits per heavy atom. The Balaban J connectivity index is 1.32. The minimum absolute atomic E-state index is 0.00832. The van der Waals surface area contributed by atoms with E-state index < -0.39 is 24.2 Å². The number of carboxylic acids is 1. The maximum Gasteiger partial charge on any atom is 0.407 e. The molecule has 1 saturated carbocycles. The van der Waals surface area contributed by atoms with Crippen molar-refractivity contribution in [1.29, 1.82) is 0 Å². The molecule has 186 valence electrons. The van der Waals surface area contributed by atoms with E-state index in [4.69, 9.17) is 9.47 Å². The van der Waals surface area contributed by atoms with Crippen LogP contribution in [0.4, 0.5) is 4.79 Å². The SMILES string of the molecule is CCOC(CNC(=O)OCC1c2ccccc2-c2ccccc21)CC(=O)N(C1CC1)C(C)C(=O)O. The molecule has 0 spiro atoms. The van der Waals surface area contributed by atoms with Crippen LogP contribution in [0, 0.1) is 0 Å². The number of hydrogen-bond donors (Lipinski definition) is 2.